The fourth-order valence-electron chi connectivity index (χ4n) is 3.10. The Labute approximate surface area is 150 Å². The fraction of sp³-hybridized carbons (Fsp3) is 0.611. The molecule has 2 rings (SSSR count). The molecule has 1 aromatic rings. The van der Waals surface area contributed by atoms with E-state index in [0.717, 1.165) is 32.0 Å². The van der Waals surface area contributed by atoms with E-state index in [4.69, 9.17) is 5.11 Å². The highest BCUT2D eigenvalue weighted by Gasteiger charge is 2.20. The van der Waals surface area contributed by atoms with Crippen molar-refractivity contribution >= 4 is 16.0 Å². The summed E-state index contributed by atoms with van der Waals surface area (Å²) in [6.07, 6.45) is 3.68. The van der Waals surface area contributed by atoms with Crippen LogP contribution < -0.4 is 4.72 Å². The molecule has 6 nitrogen and oxygen atoms in total. The van der Waals surface area contributed by atoms with Crippen molar-refractivity contribution in [1.82, 2.24) is 9.62 Å². The van der Waals surface area contributed by atoms with Gasteiger partial charge in [0.05, 0.1) is 10.5 Å². The maximum Gasteiger partial charge on any atom is 0.335 e. The molecule has 7 heteroatoms. The second kappa shape index (κ2) is 8.78. The Morgan fingerprint density at radius 1 is 1.32 bits per heavy atom. The van der Waals surface area contributed by atoms with Crippen LogP contribution in [0.4, 0.5) is 0 Å². The zero-order valence-electron chi connectivity index (χ0n) is 15.0. The Morgan fingerprint density at radius 3 is 2.60 bits per heavy atom. The SMILES string of the molecule is CCc1ccc(C(=O)O)cc1S(=O)(=O)NCCCN1CCC(C)CC1. The second-order valence-electron chi connectivity index (χ2n) is 6.76. The standard InChI is InChI=1S/C18H28N2O4S/c1-3-15-5-6-16(18(21)22)13-17(15)25(23,24)19-9-4-10-20-11-7-14(2)8-12-20/h5-6,13-14,19H,3-4,7-12H2,1-2H3,(H,21,22). The van der Waals surface area contributed by atoms with E-state index in [1.807, 2.05) is 6.92 Å². The highest BCUT2D eigenvalue weighted by molar-refractivity contribution is 7.89. The van der Waals surface area contributed by atoms with Gasteiger partial charge in [-0.2, -0.15) is 0 Å². The van der Waals surface area contributed by atoms with Gasteiger partial charge >= 0.3 is 5.97 Å². The van der Waals surface area contributed by atoms with E-state index >= 15 is 0 Å². The van der Waals surface area contributed by atoms with Gasteiger partial charge in [-0.3, -0.25) is 0 Å². The van der Waals surface area contributed by atoms with E-state index in [1.54, 1.807) is 6.07 Å². The summed E-state index contributed by atoms with van der Waals surface area (Å²) in [6, 6.07) is 4.26. The molecule has 0 amide bonds. The molecule has 1 aliphatic heterocycles. The number of nitrogens with one attached hydrogen (secondary N) is 1. The average molecular weight is 368 g/mol. The predicted molar refractivity (Wildman–Crippen MR) is 97.4 cm³/mol. The molecular formula is C18H28N2O4S. The molecule has 1 aromatic carbocycles. The van der Waals surface area contributed by atoms with E-state index < -0.39 is 16.0 Å². The Hall–Kier alpha value is -1.44. The number of nitrogens with zero attached hydrogens (tertiary/aromatic N) is 1. The molecule has 0 saturated carbocycles. The summed E-state index contributed by atoms with van der Waals surface area (Å²) in [7, 11) is -3.70. The minimum atomic E-state index is -3.70. The van der Waals surface area contributed by atoms with Crippen LogP contribution in [0.3, 0.4) is 0 Å². The molecule has 1 fully saturated rings. The number of likely N-dealkylation sites (tertiary alicyclic amines) is 1. The first-order chi connectivity index (χ1) is 11.8. The molecule has 0 aliphatic carbocycles. The third-order valence-corrected chi connectivity index (χ3v) is 6.35. The molecule has 25 heavy (non-hydrogen) atoms. The lowest BCUT2D eigenvalue weighted by atomic mass is 9.99. The quantitative estimate of drug-likeness (QED) is 0.688. The van der Waals surface area contributed by atoms with Crippen molar-refractivity contribution in [2.75, 3.05) is 26.2 Å². The van der Waals surface area contributed by atoms with Gasteiger partial charge in [0, 0.05) is 6.54 Å². The first kappa shape index (κ1) is 19.9. The predicted octanol–water partition coefficient (Wildman–Crippen LogP) is 2.35. The van der Waals surface area contributed by atoms with Crippen LogP contribution in [0, 0.1) is 5.92 Å². The van der Waals surface area contributed by atoms with Gasteiger partial charge in [-0.15, -0.1) is 0 Å². The maximum absolute atomic E-state index is 12.6. The number of hydrogen-bond acceptors (Lipinski definition) is 4. The highest BCUT2D eigenvalue weighted by Crippen LogP contribution is 2.19. The number of hydrogen-bond donors (Lipinski definition) is 2. The van der Waals surface area contributed by atoms with E-state index in [2.05, 4.69) is 16.5 Å². The van der Waals surface area contributed by atoms with Crippen molar-refractivity contribution in [3.63, 3.8) is 0 Å². The van der Waals surface area contributed by atoms with Crippen LogP contribution in [0.1, 0.15) is 49.0 Å². The molecule has 0 spiro atoms. The van der Waals surface area contributed by atoms with Gasteiger partial charge in [0.2, 0.25) is 10.0 Å². The van der Waals surface area contributed by atoms with Crippen molar-refractivity contribution in [3.05, 3.63) is 29.3 Å². The lowest BCUT2D eigenvalue weighted by molar-refractivity contribution is 0.0696. The van der Waals surface area contributed by atoms with E-state index in [0.29, 0.717) is 18.5 Å². The first-order valence-electron chi connectivity index (χ1n) is 8.91. The number of carboxylic acids is 1. The number of aryl methyl sites for hydroxylation is 1. The number of benzene rings is 1. The van der Waals surface area contributed by atoms with Crippen molar-refractivity contribution in [3.8, 4) is 0 Å². The van der Waals surface area contributed by atoms with Crippen LogP contribution in [0.5, 0.6) is 0 Å². The van der Waals surface area contributed by atoms with Crippen molar-refractivity contribution in [2.24, 2.45) is 5.92 Å². The summed E-state index contributed by atoms with van der Waals surface area (Å²) in [4.78, 5) is 13.6. The highest BCUT2D eigenvalue weighted by atomic mass is 32.2. The summed E-state index contributed by atoms with van der Waals surface area (Å²) in [6.45, 7) is 7.51. The molecule has 1 aliphatic rings. The molecule has 2 N–H and O–H groups in total. The van der Waals surface area contributed by atoms with Crippen LogP contribution >= 0.6 is 0 Å². The number of aromatic carboxylic acids is 1. The smallest absolute Gasteiger partial charge is 0.335 e. The van der Waals surface area contributed by atoms with Gasteiger partial charge in [0.25, 0.3) is 0 Å². The second-order valence-corrected chi connectivity index (χ2v) is 8.49. The molecule has 0 atom stereocenters. The lowest BCUT2D eigenvalue weighted by Crippen LogP contribution is -2.35. The van der Waals surface area contributed by atoms with Gasteiger partial charge in [-0.25, -0.2) is 17.9 Å². The summed E-state index contributed by atoms with van der Waals surface area (Å²) in [5.41, 5.74) is 0.613. The zero-order chi connectivity index (χ0) is 18.4. The Morgan fingerprint density at radius 2 is 2.00 bits per heavy atom. The number of sulfonamides is 1. The zero-order valence-corrected chi connectivity index (χ0v) is 15.8. The summed E-state index contributed by atoms with van der Waals surface area (Å²) < 4.78 is 27.7. The molecule has 0 bridgehead atoms. The van der Waals surface area contributed by atoms with Crippen molar-refractivity contribution in [2.45, 2.75) is 44.4 Å². The third-order valence-electron chi connectivity index (χ3n) is 4.80. The van der Waals surface area contributed by atoms with Gasteiger partial charge < -0.3 is 10.0 Å². The first-order valence-corrected chi connectivity index (χ1v) is 10.4. The number of rotatable bonds is 8. The van der Waals surface area contributed by atoms with Crippen molar-refractivity contribution < 1.29 is 18.3 Å². The number of piperidine rings is 1. The molecule has 0 radical (unpaired) electrons. The lowest BCUT2D eigenvalue weighted by Gasteiger charge is -2.30. The van der Waals surface area contributed by atoms with E-state index in [-0.39, 0.29) is 10.5 Å². The fourth-order valence-corrected chi connectivity index (χ4v) is 4.51. The molecule has 0 aromatic heterocycles. The van der Waals surface area contributed by atoms with Crippen LogP contribution in [0.2, 0.25) is 0 Å². The summed E-state index contributed by atoms with van der Waals surface area (Å²) in [5, 5.41) is 9.09. The summed E-state index contributed by atoms with van der Waals surface area (Å²) in [5.74, 6) is -0.345. The van der Waals surface area contributed by atoms with Gasteiger partial charge in [-0.1, -0.05) is 19.9 Å². The van der Waals surface area contributed by atoms with Gasteiger partial charge in [-0.05, 0) is 68.9 Å². The van der Waals surface area contributed by atoms with E-state index in [1.165, 1.54) is 25.0 Å². The molecule has 140 valence electrons. The largest absolute Gasteiger partial charge is 0.478 e. The molecule has 1 saturated heterocycles. The molecular weight excluding hydrogens is 340 g/mol. The normalized spacial score (nSPS) is 16.9. The Bertz CT molecular complexity index is 695. The van der Waals surface area contributed by atoms with Crippen molar-refractivity contribution in [1.29, 1.82) is 0 Å². The van der Waals surface area contributed by atoms with Gasteiger partial charge in [0.15, 0.2) is 0 Å². The third kappa shape index (κ3) is 5.52. The maximum atomic E-state index is 12.6. The average Bonchev–Trinajstić information content (AvgIpc) is 2.59. The Balaban J connectivity index is 1.94. The molecule has 0 unspecified atom stereocenters. The molecule has 1 heterocycles. The number of carboxylic acid groups (broad SMARTS) is 1. The summed E-state index contributed by atoms with van der Waals surface area (Å²) >= 11 is 0. The van der Waals surface area contributed by atoms with Crippen LogP contribution in [0.25, 0.3) is 0 Å². The minimum Gasteiger partial charge on any atom is -0.478 e. The topological polar surface area (TPSA) is 86.7 Å². The number of carbonyl (C=O) groups is 1. The minimum absolute atomic E-state index is 0.0139. The Kier molecular flexibility index (Phi) is 6.98. The van der Waals surface area contributed by atoms with Crippen LogP contribution in [-0.2, 0) is 16.4 Å². The van der Waals surface area contributed by atoms with Crippen LogP contribution in [0.15, 0.2) is 23.1 Å². The van der Waals surface area contributed by atoms with Crippen LogP contribution in [-0.4, -0.2) is 50.6 Å². The van der Waals surface area contributed by atoms with E-state index in [9.17, 15) is 13.2 Å². The monoisotopic (exact) mass is 368 g/mol. The van der Waals surface area contributed by atoms with Gasteiger partial charge in [0.1, 0.15) is 0 Å².